The monoisotopic (exact) mass is 507 g/mol. The van der Waals surface area contributed by atoms with Gasteiger partial charge in [0, 0.05) is 12.5 Å². The number of hydrogen-bond acceptors (Lipinski definition) is 6. The van der Waals surface area contributed by atoms with E-state index < -0.39 is 9.84 Å². The molecule has 3 aromatic carbocycles. The lowest BCUT2D eigenvalue weighted by atomic mass is 9.94. The van der Waals surface area contributed by atoms with E-state index in [9.17, 15) is 8.42 Å². The molecule has 182 valence electrons. The molecule has 0 fully saturated rings. The number of nitrogens with zero attached hydrogens (tertiary/aromatic N) is 1. The van der Waals surface area contributed by atoms with Crippen molar-refractivity contribution in [3.8, 4) is 33.1 Å². The van der Waals surface area contributed by atoms with Crippen molar-refractivity contribution in [1.29, 1.82) is 0 Å². The van der Waals surface area contributed by atoms with Crippen LogP contribution in [0.25, 0.3) is 21.6 Å². The second-order valence-corrected chi connectivity index (χ2v) is 11.7. The molecule has 0 bridgehead atoms. The summed E-state index contributed by atoms with van der Waals surface area (Å²) in [5, 5.41) is 0. The largest absolute Gasteiger partial charge is 0.494 e. The molecule has 5 nitrogen and oxygen atoms in total. The first kappa shape index (κ1) is 24.9. The Morgan fingerprint density at radius 2 is 1.60 bits per heavy atom. The average molecular weight is 508 g/mol. The third-order valence-corrected chi connectivity index (χ3v) is 7.46. The Hall–Kier alpha value is -3.16. The summed E-state index contributed by atoms with van der Waals surface area (Å²) in [5.41, 5.74) is 6.75. The van der Waals surface area contributed by atoms with Crippen LogP contribution in [0.4, 0.5) is 0 Å². The SMILES string of the molecule is Cc1cc(OCCCS(C)(=O)=O)cc(C)c1-c1cccc(COc2ccc(-c3ccns3)cc2)c1. The van der Waals surface area contributed by atoms with Gasteiger partial charge in [0.25, 0.3) is 0 Å². The summed E-state index contributed by atoms with van der Waals surface area (Å²) < 4.78 is 38.6. The van der Waals surface area contributed by atoms with Crippen LogP contribution in [-0.2, 0) is 16.4 Å². The Morgan fingerprint density at radius 1 is 0.857 bits per heavy atom. The fourth-order valence-electron chi connectivity index (χ4n) is 4.04. The summed E-state index contributed by atoms with van der Waals surface area (Å²) >= 11 is 1.48. The van der Waals surface area contributed by atoms with Crippen molar-refractivity contribution in [2.24, 2.45) is 0 Å². The van der Waals surface area contributed by atoms with E-state index in [2.05, 4.69) is 54.6 Å². The Labute approximate surface area is 211 Å². The van der Waals surface area contributed by atoms with Crippen LogP contribution in [0.5, 0.6) is 11.5 Å². The second kappa shape index (κ2) is 11.1. The van der Waals surface area contributed by atoms with Crippen LogP contribution in [0.2, 0.25) is 0 Å². The van der Waals surface area contributed by atoms with Gasteiger partial charge in [-0.1, -0.05) is 18.2 Å². The summed E-state index contributed by atoms with van der Waals surface area (Å²) in [6.07, 6.45) is 3.54. The van der Waals surface area contributed by atoms with Crippen LogP contribution in [0, 0.1) is 13.8 Å². The van der Waals surface area contributed by atoms with E-state index in [0.717, 1.165) is 44.2 Å². The molecular weight excluding hydrogens is 478 g/mol. The van der Waals surface area contributed by atoms with E-state index in [0.29, 0.717) is 19.6 Å². The van der Waals surface area contributed by atoms with Crippen molar-refractivity contribution in [2.75, 3.05) is 18.6 Å². The van der Waals surface area contributed by atoms with Gasteiger partial charge >= 0.3 is 0 Å². The highest BCUT2D eigenvalue weighted by Gasteiger charge is 2.10. The van der Waals surface area contributed by atoms with Crippen LogP contribution in [0.3, 0.4) is 0 Å². The van der Waals surface area contributed by atoms with E-state index >= 15 is 0 Å². The van der Waals surface area contributed by atoms with E-state index in [1.54, 1.807) is 0 Å². The molecule has 0 atom stereocenters. The summed E-state index contributed by atoms with van der Waals surface area (Å²) in [7, 11) is -2.97. The zero-order chi connectivity index (χ0) is 24.8. The van der Waals surface area contributed by atoms with Crippen LogP contribution in [-0.4, -0.2) is 31.4 Å². The first-order valence-electron chi connectivity index (χ1n) is 11.4. The number of hydrogen-bond donors (Lipinski definition) is 0. The van der Waals surface area contributed by atoms with Gasteiger partial charge in [-0.15, -0.1) is 0 Å². The van der Waals surface area contributed by atoms with Gasteiger partial charge in [0.05, 0.1) is 17.2 Å². The molecule has 0 spiro atoms. The molecular formula is C28H29NO4S2. The van der Waals surface area contributed by atoms with Gasteiger partial charge in [-0.2, -0.15) is 0 Å². The van der Waals surface area contributed by atoms with Gasteiger partial charge in [-0.3, -0.25) is 0 Å². The second-order valence-electron chi connectivity index (χ2n) is 8.65. The van der Waals surface area contributed by atoms with Crippen LogP contribution in [0.1, 0.15) is 23.1 Å². The molecule has 0 aliphatic rings. The third kappa shape index (κ3) is 6.93. The average Bonchev–Trinajstić information content (AvgIpc) is 3.35. The third-order valence-electron chi connectivity index (χ3n) is 5.63. The minimum atomic E-state index is -2.97. The van der Waals surface area contributed by atoms with Crippen molar-refractivity contribution < 1.29 is 17.9 Å². The zero-order valence-corrected chi connectivity index (χ0v) is 21.8. The summed E-state index contributed by atoms with van der Waals surface area (Å²) in [4.78, 5) is 1.14. The Morgan fingerprint density at radius 3 is 2.26 bits per heavy atom. The molecule has 0 amide bonds. The van der Waals surface area contributed by atoms with Gasteiger partial charge in [0.2, 0.25) is 0 Å². The van der Waals surface area contributed by atoms with Crippen molar-refractivity contribution in [1.82, 2.24) is 4.37 Å². The van der Waals surface area contributed by atoms with Gasteiger partial charge in [-0.25, -0.2) is 12.8 Å². The lowest BCUT2D eigenvalue weighted by Crippen LogP contribution is -2.08. The normalized spacial score (nSPS) is 11.4. The minimum absolute atomic E-state index is 0.133. The van der Waals surface area contributed by atoms with Crippen molar-refractivity contribution in [3.63, 3.8) is 0 Å². The molecule has 4 aromatic rings. The fraction of sp³-hybridized carbons (Fsp3) is 0.250. The molecule has 4 rings (SSSR count). The predicted molar refractivity (Wildman–Crippen MR) is 143 cm³/mol. The minimum Gasteiger partial charge on any atom is -0.494 e. The number of ether oxygens (including phenoxy) is 2. The van der Waals surface area contributed by atoms with Gasteiger partial charge in [0.15, 0.2) is 0 Å². The van der Waals surface area contributed by atoms with E-state index in [1.165, 1.54) is 23.4 Å². The highest BCUT2D eigenvalue weighted by atomic mass is 32.2. The topological polar surface area (TPSA) is 65.5 Å². The maximum absolute atomic E-state index is 11.3. The first-order chi connectivity index (χ1) is 16.8. The fourth-order valence-corrected chi connectivity index (χ4v) is 5.28. The highest BCUT2D eigenvalue weighted by Crippen LogP contribution is 2.32. The Kier molecular flexibility index (Phi) is 7.88. The number of benzene rings is 3. The number of sulfone groups is 1. The van der Waals surface area contributed by atoms with Crippen molar-refractivity contribution in [2.45, 2.75) is 26.9 Å². The van der Waals surface area contributed by atoms with E-state index in [4.69, 9.17) is 9.47 Å². The van der Waals surface area contributed by atoms with E-state index in [1.807, 2.05) is 36.5 Å². The Bertz CT molecular complexity index is 1360. The quantitative estimate of drug-likeness (QED) is 0.230. The van der Waals surface area contributed by atoms with Gasteiger partial charge < -0.3 is 9.47 Å². The summed E-state index contributed by atoms with van der Waals surface area (Å²) in [5.74, 6) is 1.72. The molecule has 1 aromatic heterocycles. The number of aromatic nitrogens is 1. The molecule has 1 heterocycles. The van der Waals surface area contributed by atoms with Crippen molar-refractivity contribution >= 4 is 21.4 Å². The standard InChI is InChI=1S/C28H29NO4S2/c1-20-16-26(32-14-5-15-35(3,30)31)17-21(2)28(20)24-7-4-6-22(18-24)19-33-25-10-8-23(9-11-25)27-12-13-29-34-27/h4,6-13,16-18H,5,14-15,19H2,1-3H3. The molecule has 0 saturated carbocycles. The molecule has 0 aliphatic carbocycles. The summed E-state index contributed by atoms with van der Waals surface area (Å²) in [6.45, 7) is 5.00. The number of aryl methyl sites for hydroxylation is 2. The molecule has 0 radical (unpaired) electrons. The maximum atomic E-state index is 11.3. The smallest absolute Gasteiger partial charge is 0.147 e. The lowest BCUT2D eigenvalue weighted by molar-refractivity contribution is 0.306. The van der Waals surface area contributed by atoms with Gasteiger partial charge in [-0.05, 0) is 114 Å². The maximum Gasteiger partial charge on any atom is 0.147 e. The van der Waals surface area contributed by atoms with Crippen LogP contribution < -0.4 is 9.47 Å². The first-order valence-corrected chi connectivity index (χ1v) is 14.3. The molecule has 35 heavy (non-hydrogen) atoms. The summed E-state index contributed by atoms with van der Waals surface area (Å²) in [6, 6.07) is 22.5. The van der Waals surface area contributed by atoms with Crippen LogP contribution >= 0.6 is 11.5 Å². The molecule has 0 unspecified atom stereocenters. The Balaban J connectivity index is 1.41. The molecule has 0 saturated heterocycles. The van der Waals surface area contributed by atoms with Crippen molar-refractivity contribution in [3.05, 3.63) is 89.6 Å². The highest BCUT2D eigenvalue weighted by molar-refractivity contribution is 7.90. The van der Waals surface area contributed by atoms with E-state index in [-0.39, 0.29) is 5.75 Å². The zero-order valence-electron chi connectivity index (χ0n) is 20.2. The molecule has 0 N–H and O–H groups in total. The molecule has 0 aliphatic heterocycles. The predicted octanol–water partition coefficient (Wildman–Crippen LogP) is 6.49. The lowest BCUT2D eigenvalue weighted by Gasteiger charge is -2.15. The van der Waals surface area contributed by atoms with Gasteiger partial charge in [0.1, 0.15) is 27.9 Å². The molecule has 7 heteroatoms. The number of rotatable bonds is 10. The van der Waals surface area contributed by atoms with Crippen LogP contribution in [0.15, 0.2) is 72.9 Å².